The summed E-state index contributed by atoms with van der Waals surface area (Å²) < 4.78 is 14.1. The average Bonchev–Trinajstić information content (AvgIpc) is 3.07. The van der Waals surface area contributed by atoms with E-state index in [-0.39, 0.29) is 0 Å². The molecule has 0 aromatic carbocycles. The molecule has 5 heteroatoms. The molecule has 0 saturated carbocycles. The first-order chi connectivity index (χ1) is 22.4. The van der Waals surface area contributed by atoms with E-state index in [1.54, 1.807) is 0 Å². The Morgan fingerprint density at radius 3 is 1.51 bits per heavy atom. The van der Waals surface area contributed by atoms with Crippen molar-refractivity contribution in [3.8, 4) is 0 Å². The van der Waals surface area contributed by atoms with Gasteiger partial charge in [0.2, 0.25) is 0 Å². The number of pyridine rings is 2. The van der Waals surface area contributed by atoms with E-state index >= 15 is 0 Å². The van der Waals surface area contributed by atoms with Gasteiger partial charge in [-0.05, 0) is 75.6 Å². The van der Waals surface area contributed by atoms with E-state index < -0.39 is 0 Å². The summed E-state index contributed by atoms with van der Waals surface area (Å²) in [6, 6.07) is 8.63. The van der Waals surface area contributed by atoms with Gasteiger partial charge in [-0.15, -0.1) is 0 Å². The normalized spacial score (nSPS) is 11.4. The molecule has 0 bridgehead atoms. The summed E-state index contributed by atoms with van der Waals surface area (Å²) in [5.74, 6) is 0. The third kappa shape index (κ3) is 25.0. The Morgan fingerprint density at radius 1 is 0.511 bits per heavy atom. The molecule has 0 amide bonds. The fourth-order valence-electron chi connectivity index (χ4n) is 6.05. The largest absolute Gasteiger partial charge is 0.381 e. The number of hydrogen-bond donors (Lipinski definition) is 1. The van der Waals surface area contributed by atoms with Gasteiger partial charge in [0.1, 0.15) is 6.54 Å². The van der Waals surface area contributed by atoms with Crippen molar-refractivity contribution in [2.45, 2.75) is 161 Å². The van der Waals surface area contributed by atoms with Crippen LogP contribution in [-0.2, 0) is 28.9 Å². The Morgan fingerprint density at radius 2 is 0.978 bits per heavy atom. The fourth-order valence-corrected chi connectivity index (χ4v) is 6.05. The molecule has 2 aromatic heterocycles. The van der Waals surface area contributed by atoms with Gasteiger partial charge >= 0.3 is 0 Å². The predicted octanol–water partition coefficient (Wildman–Crippen LogP) is 9.73. The van der Waals surface area contributed by atoms with Crippen LogP contribution in [0.1, 0.15) is 152 Å². The number of ether oxygens (including phenoxy) is 2. The lowest BCUT2D eigenvalue weighted by Crippen LogP contribution is -2.33. The Balaban J connectivity index is 1.29. The lowest BCUT2D eigenvalue weighted by atomic mass is 10.1. The summed E-state index contributed by atoms with van der Waals surface area (Å²) in [6.07, 6.45) is 39.5. The first-order valence-electron chi connectivity index (χ1n) is 19.1. The maximum Gasteiger partial charge on any atom is 0.171 e. The van der Waals surface area contributed by atoms with E-state index in [4.69, 9.17) is 15.2 Å². The molecule has 0 saturated heterocycles. The van der Waals surface area contributed by atoms with Crippen LogP contribution < -0.4 is 10.3 Å². The van der Waals surface area contributed by atoms with Crippen LogP contribution in [0.25, 0.3) is 0 Å². The molecule has 0 aliphatic carbocycles. The number of aryl methyl sites for hydroxylation is 3. The summed E-state index contributed by atoms with van der Waals surface area (Å²) in [7, 11) is 0. The minimum Gasteiger partial charge on any atom is -0.381 e. The average molecular weight is 625 g/mol. The molecule has 0 aliphatic rings. The highest BCUT2D eigenvalue weighted by molar-refractivity contribution is 5.08. The lowest BCUT2D eigenvalue weighted by molar-refractivity contribution is -0.697. The topological polar surface area (TPSA) is 61.2 Å². The Kier molecular flexibility index (Phi) is 27.0. The monoisotopic (exact) mass is 625 g/mol. The molecule has 2 N–H and O–H groups in total. The van der Waals surface area contributed by atoms with E-state index in [0.717, 1.165) is 65.2 Å². The van der Waals surface area contributed by atoms with Gasteiger partial charge < -0.3 is 15.2 Å². The molecule has 2 aromatic rings. The maximum absolute atomic E-state index is 5.92. The summed E-state index contributed by atoms with van der Waals surface area (Å²) in [6.45, 7) is 5.60. The van der Waals surface area contributed by atoms with Crippen molar-refractivity contribution in [3.63, 3.8) is 0 Å². The van der Waals surface area contributed by atoms with Crippen LogP contribution in [0.2, 0.25) is 0 Å². The van der Waals surface area contributed by atoms with Gasteiger partial charge in [-0.2, -0.15) is 0 Å². The van der Waals surface area contributed by atoms with E-state index in [2.05, 4.69) is 40.1 Å². The smallest absolute Gasteiger partial charge is 0.171 e. The third-order valence-corrected chi connectivity index (χ3v) is 8.85. The zero-order valence-electron chi connectivity index (χ0n) is 29.1. The van der Waals surface area contributed by atoms with Gasteiger partial charge in [0, 0.05) is 56.9 Å². The van der Waals surface area contributed by atoms with Crippen LogP contribution in [0.4, 0.5) is 0 Å². The zero-order chi connectivity index (χ0) is 31.7. The molecular weight excluding hydrogens is 554 g/mol. The van der Waals surface area contributed by atoms with Crippen LogP contribution in [0.5, 0.6) is 0 Å². The number of hydrogen-bond acceptors (Lipinski definition) is 4. The number of aromatic nitrogens is 2. The van der Waals surface area contributed by atoms with Gasteiger partial charge in [0.25, 0.3) is 0 Å². The van der Waals surface area contributed by atoms with Crippen molar-refractivity contribution in [2.75, 3.05) is 33.0 Å². The minimum atomic E-state index is 0.851. The molecule has 5 nitrogen and oxygen atoms in total. The van der Waals surface area contributed by atoms with E-state index in [1.807, 2.05) is 18.5 Å². The second-order valence-corrected chi connectivity index (χ2v) is 13.1. The molecule has 256 valence electrons. The molecule has 2 heterocycles. The van der Waals surface area contributed by atoms with Crippen molar-refractivity contribution in [1.29, 1.82) is 0 Å². The highest BCUT2D eigenvalue weighted by Gasteiger charge is 2.04. The highest BCUT2D eigenvalue weighted by Crippen LogP contribution is 2.12. The van der Waals surface area contributed by atoms with Gasteiger partial charge in [0.15, 0.2) is 12.4 Å². The number of nitrogens with two attached hydrogens (primary N) is 1. The van der Waals surface area contributed by atoms with Crippen LogP contribution in [-0.4, -0.2) is 38.0 Å². The van der Waals surface area contributed by atoms with Crippen LogP contribution in [0.15, 0.2) is 49.1 Å². The Bertz CT molecular complexity index is 879. The summed E-state index contributed by atoms with van der Waals surface area (Å²) in [5, 5.41) is 0. The standard InChI is InChI=1S/C40H70N3O2/c41-29-17-13-9-5-1-3-7-11-16-20-34-45-36-24-28-40-26-22-32-43(38-40)31-18-14-10-6-2-4-8-12-15-19-33-44-35-23-27-39-25-21-30-42-37-39/h21-22,25-26,30,32,37-38H,1-20,23-24,27-29,31,33-36,41H2/q+1. The van der Waals surface area contributed by atoms with Crippen molar-refractivity contribution in [3.05, 3.63) is 60.2 Å². The maximum atomic E-state index is 5.92. The first-order valence-corrected chi connectivity index (χ1v) is 19.1. The molecule has 0 unspecified atom stereocenters. The quantitative estimate of drug-likeness (QED) is 0.0634. The van der Waals surface area contributed by atoms with E-state index in [0.29, 0.717) is 0 Å². The van der Waals surface area contributed by atoms with Gasteiger partial charge in [0.05, 0.1) is 0 Å². The van der Waals surface area contributed by atoms with Crippen molar-refractivity contribution in [2.24, 2.45) is 5.73 Å². The third-order valence-electron chi connectivity index (χ3n) is 8.85. The summed E-state index contributed by atoms with van der Waals surface area (Å²) >= 11 is 0. The van der Waals surface area contributed by atoms with Crippen molar-refractivity contribution >= 4 is 0 Å². The number of nitrogens with zero attached hydrogens (tertiary/aromatic N) is 2. The van der Waals surface area contributed by atoms with E-state index in [1.165, 1.54) is 140 Å². The highest BCUT2D eigenvalue weighted by atomic mass is 16.5. The van der Waals surface area contributed by atoms with Crippen LogP contribution in [0.3, 0.4) is 0 Å². The van der Waals surface area contributed by atoms with Crippen LogP contribution in [0, 0.1) is 0 Å². The second kappa shape index (κ2) is 30.8. The zero-order valence-corrected chi connectivity index (χ0v) is 29.1. The molecule has 0 atom stereocenters. The first kappa shape index (κ1) is 39.4. The van der Waals surface area contributed by atoms with Crippen LogP contribution >= 0.6 is 0 Å². The molecule has 0 fully saturated rings. The summed E-state index contributed by atoms with van der Waals surface area (Å²) in [5.41, 5.74) is 8.30. The van der Waals surface area contributed by atoms with Gasteiger partial charge in [-0.3, -0.25) is 4.98 Å². The second-order valence-electron chi connectivity index (χ2n) is 13.1. The molecule has 0 spiro atoms. The predicted molar refractivity (Wildman–Crippen MR) is 191 cm³/mol. The van der Waals surface area contributed by atoms with Crippen molar-refractivity contribution < 1.29 is 14.0 Å². The fraction of sp³-hybridized carbons (Fsp3) is 0.750. The molecule has 2 rings (SSSR count). The number of unbranched alkanes of at least 4 members (excludes halogenated alkanes) is 18. The Labute approximate surface area is 278 Å². The van der Waals surface area contributed by atoms with E-state index in [9.17, 15) is 0 Å². The summed E-state index contributed by atoms with van der Waals surface area (Å²) in [4.78, 5) is 4.17. The SMILES string of the molecule is NCCCCCCCCCCCCOCCCc1ccc[n+](CCCCCCCCCCCCOCCCc2cccnc2)c1. The Hall–Kier alpha value is -1.82. The lowest BCUT2D eigenvalue weighted by Gasteiger charge is -2.05. The van der Waals surface area contributed by atoms with Gasteiger partial charge in [-0.1, -0.05) is 102 Å². The van der Waals surface area contributed by atoms with Crippen molar-refractivity contribution in [1.82, 2.24) is 4.98 Å². The molecular formula is C40H70N3O2+. The minimum absolute atomic E-state index is 0.851. The number of rotatable bonds is 33. The molecule has 45 heavy (non-hydrogen) atoms. The van der Waals surface area contributed by atoms with Gasteiger partial charge in [-0.25, -0.2) is 4.57 Å². The molecule has 0 radical (unpaired) electrons. The molecule has 0 aliphatic heterocycles.